The fourth-order valence-electron chi connectivity index (χ4n) is 1.01. The summed E-state index contributed by atoms with van der Waals surface area (Å²) in [4.78, 5) is 14.3. The Kier molecular flexibility index (Phi) is 3.28. The topological polar surface area (TPSA) is 93.8 Å². The van der Waals surface area contributed by atoms with Gasteiger partial charge in [-0.2, -0.15) is 0 Å². The third-order valence-corrected chi connectivity index (χ3v) is 2.61. The maximum atomic E-state index is 12.6. The monoisotopic (exact) mass is 255 g/mol. The van der Waals surface area contributed by atoms with E-state index < -0.39 is 11.8 Å². The maximum absolute atomic E-state index is 12.6. The van der Waals surface area contributed by atoms with Crippen LogP contribution in [0, 0.1) is 5.82 Å². The van der Waals surface area contributed by atoms with Gasteiger partial charge in [-0.05, 0) is 34.3 Å². The fraction of sp³-hybridized carbons (Fsp3) is 0.125. The largest absolute Gasteiger partial charge is 0.480 e. The van der Waals surface area contributed by atoms with Gasteiger partial charge in [0.15, 0.2) is 0 Å². The molecule has 2 rings (SSSR count). The Morgan fingerprint density at radius 2 is 2.35 bits per heavy atom. The second-order valence-electron chi connectivity index (χ2n) is 2.93. The van der Waals surface area contributed by atoms with Crippen LogP contribution >= 0.6 is 11.8 Å². The lowest BCUT2D eigenvalue weighted by molar-refractivity contribution is -0.138. The zero-order chi connectivity index (χ0) is 12.3. The van der Waals surface area contributed by atoms with E-state index in [-0.39, 0.29) is 11.7 Å². The number of halogens is 1. The molecule has 0 unspecified atom stereocenters. The van der Waals surface area contributed by atoms with Gasteiger partial charge in [-0.15, -0.1) is 5.10 Å². The maximum Gasteiger partial charge on any atom is 0.325 e. The number of hydrogen-bond acceptors (Lipinski definition) is 6. The van der Waals surface area contributed by atoms with Crippen LogP contribution in [0.4, 0.5) is 4.39 Å². The predicted molar refractivity (Wildman–Crippen MR) is 53.8 cm³/mol. The van der Waals surface area contributed by atoms with Crippen molar-refractivity contribution in [3.8, 4) is 0 Å². The van der Waals surface area contributed by atoms with Gasteiger partial charge in [0.2, 0.25) is 5.16 Å². The molecule has 0 amide bonds. The summed E-state index contributed by atoms with van der Waals surface area (Å²) in [6, 6.07) is 2.71. The third kappa shape index (κ3) is 2.97. The molecule has 88 valence electrons. The Morgan fingerprint density at radius 1 is 1.53 bits per heavy atom. The molecule has 2 aromatic rings. The molecule has 0 saturated heterocycles. The van der Waals surface area contributed by atoms with Crippen molar-refractivity contribution in [1.29, 1.82) is 0 Å². The van der Waals surface area contributed by atoms with E-state index in [1.165, 1.54) is 12.1 Å². The second kappa shape index (κ2) is 4.87. The molecular weight excluding hydrogens is 249 g/mol. The minimum atomic E-state index is -1.05. The molecule has 1 N–H and O–H groups in total. The summed E-state index contributed by atoms with van der Waals surface area (Å²) >= 11 is 1.06. The Morgan fingerprint density at radius 3 is 3.00 bits per heavy atom. The summed E-state index contributed by atoms with van der Waals surface area (Å²) in [5, 5.41) is 19.9. The van der Waals surface area contributed by atoms with Gasteiger partial charge < -0.3 is 5.11 Å². The second-order valence-corrected chi connectivity index (χ2v) is 3.92. The number of hydrogen-bond donors (Lipinski definition) is 1. The Balaban J connectivity index is 2.15. The summed E-state index contributed by atoms with van der Waals surface area (Å²) in [7, 11) is 0. The van der Waals surface area contributed by atoms with E-state index >= 15 is 0 Å². The highest BCUT2D eigenvalue weighted by Gasteiger charge is 2.11. The standard InChI is InChI=1S/C8H6FN5O2S/c9-5-1-2-6(10-3-5)17-8-11-12-13-14(8)4-7(15)16/h1-3H,4H2,(H,15,16). The van der Waals surface area contributed by atoms with Crippen LogP contribution in [0.2, 0.25) is 0 Å². The zero-order valence-electron chi connectivity index (χ0n) is 8.32. The SMILES string of the molecule is O=C(O)Cn1nnnc1Sc1ccc(F)cn1. The van der Waals surface area contributed by atoms with Crippen LogP contribution in [-0.4, -0.2) is 36.3 Å². The molecule has 0 aliphatic rings. The molecule has 9 heteroatoms. The fourth-order valence-corrected chi connectivity index (χ4v) is 1.73. The summed E-state index contributed by atoms with van der Waals surface area (Å²) < 4.78 is 13.7. The molecule has 7 nitrogen and oxygen atoms in total. The first-order valence-corrected chi connectivity index (χ1v) is 5.24. The van der Waals surface area contributed by atoms with Crippen LogP contribution in [0.3, 0.4) is 0 Å². The van der Waals surface area contributed by atoms with Crippen LogP contribution in [0.15, 0.2) is 28.5 Å². The number of pyridine rings is 1. The van der Waals surface area contributed by atoms with Gasteiger partial charge in [-0.25, -0.2) is 14.1 Å². The number of carboxylic acids is 1. The van der Waals surface area contributed by atoms with E-state index in [0.29, 0.717) is 5.03 Å². The molecule has 17 heavy (non-hydrogen) atoms. The van der Waals surface area contributed by atoms with E-state index in [1.807, 2.05) is 0 Å². The Labute approximate surface area is 98.7 Å². The van der Waals surface area contributed by atoms with Gasteiger partial charge in [-0.1, -0.05) is 0 Å². The first-order valence-electron chi connectivity index (χ1n) is 4.42. The molecular formula is C8H6FN5O2S. The first-order chi connectivity index (χ1) is 8.15. The van der Waals surface area contributed by atoms with Crippen LogP contribution in [0.5, 0.6) is 0 Å². The number of tetrazole rings is 1. The van der Waals surface area contributed by atoms with E-state index in [4.69, 9.17) is 5.11 Å². The number of rotatable bonds is 4. The summed E-state index contributed by atoms with van der Waals surface area (Å²) in [5.74, 6) is -1.49. The molecule has 0 radical (unpaired) electrons. The molecule has 0 saturated carbocycles. The number of aromatic nitrogens is 5. The minimum absolute atomic E-state index is 0.284. The van der Waals surface area contributed by atoms with Gasteiger partial charge in [0.25, 0.3) is 0 Å². The number of nitrogens with zero attached hydrogens (tertiary/aromatic N) is 5. The molecule has 0 atom stereocenters. The van der Waals surface area contributed by atoms with Crippen LogP contribution in [-0.2, 0) is 11.3 Å². The van der Waals surface area contributed by atoms with Gasteiger partial charge >= 0.3 is 5.97 Å². The van der Waals surface area contributed by atoms with Crippen molar-refractivity contribution >= 4 is 17.7 Å². The van der Waals surface area contributed by atoms with Gasteiger partial charge in [0.05, 0.1) is 6.20 Å². The molecule has 2 heterocycles. The van der Waals surface area contributed by atoms with E-state index in [1.54, 1.807) is 0 Å². The summed E-state index contributed by atoms with van der Waals surface area (Å²) in [6.07, 6.45) is 1.06. The first kappa shape index (κ1) is 11.5. The van der Waals surface area contributed by atoms with Crippen molar-refractivity contribution in [2.45, 2.75) is 16.7 Å². The Hall–Kier alpha value is -2.03. The average molecular weight is 255 g/mol. The van der Waals surface area contributed by atoms with Crippen molar-refractivity contribution in [2.24, 2.45) is 0 Å². The quantitative estimate of drug-likeness (QED) is 0.847. The molecule has 0 aromatic carbocycles. The molecule has 0 fully saturated rings. The van der Waals surface area contributed by atoms with E-state index in [9.17, 15) is 9.18 Å². The Bertz CT molecular complexity index is 529. The summed E-state index contributed by atoms with van der Waals surface area (Å²) in [6.45, 7) is -0.337. The molecule has 0 spiro atoms. The zero-order valence-corrected chi connectivity index (χ0v) is 9.13. The third-order valence-electron chi connectivity index (χ3n) is 1.68. The highest BCUT2D eigenvalue weighted by molar-refractivity contribution is 7.99. The van der Waals surface area contributed by atoms with Crippen LogP contribution in [0.25, 0.3) is 0 Å². The molecule has 0 aliphatic heterocycles. The van der Waals surface area contributed by atoms with Gasteiger partial charge in [0.1, 0.15) is 17.4 Å². The van der Waals surface area contributed by atoms with E-state index in [2.05, 4.69) is 20.5 Å². The molecule has 0 bridgehead atoms. The highest BCUT2D eigenvalue weighted by Crippen LogP contribution is 2.22. The predicted octanol–water partition coefficient (Wildman–Crippen LogP) is 0.443. The van der Waals surface area contributed by atoms with Gasteiger partial charge in [-0.3, -0.25) is 4.79 Å². The van der Waals surface area contributed by atoms with Crippen molar-refractivity contribution in [1.82, 2.24) is 25.2 Å². The van der Waals surface area contributed by atoms with Crippen molar-refractivity contribution in [3.63, 3.8) is 0 Å². The van der Waals surface area contributed by atoms with Crippen molar-refractivity contribution in [3.05, 3.63) is 24.1 Å². The number of carboxylic acid groups (broad SMARTS) is 1. The van der Waals surface area contributed by atoms with Crippen LogP contribution < -0.4 is 0 Å². The van der Waals surface area contributed by atoms with Crippen molar-refractivity contribution < 1.29 is 14.3 Å². The molecule has 2 aromatic heterocycles. The number of aliphatic carboxylic acids is 1. The smallest absolute Gasteiger partial charge is 0.325 e. The average Bonchev–Trinajstić information content (AvgIpc) is 2.68. The number of carbonyl (C=O) groups is 1. The molecule has 0 aliphatic carbocycles. The van der Waals surface area contributed by atoms with Crippen molar-refractivity contribution in [2.75, 3.05) is 0 Å². The lowest BCUT2D eigenvalue weighted by Crippen LogP contribution is -2.11. The van der Waals surface area contributed by atoms with Gasteiger partial charge in [0, 0.05) is 0 Å². The van der Waals surface area contributed by atoms with Crippen LogP contribution in [0.1, 0.15) is 0 Å². The van der Waals surface area contributed by atoms with E-state index in [0.717, 1.165) is 22.6 Å². The lowest BCUT2D eigenvalue weighted by atomic mass is 10.5. The summed E-state index contributed by atoms with van der Waals surface area (Å²) in [5.41, 5.74) is 0. The normalized spacial score (nSPS) is 10.4. The minimum Gasteiger partial charge on any atom is -0.480 e. The lowest BCUT2D eigenvalue weighted by Gasteiger charge is -2.00. The highest BCUT2D eigenvalue weighted by atomic mass is 32.2.